The van der Waals surface area contributed by atoms with Gasteiger partial charge in [-0.1, -0.05) is 12.1 Å². The molecule has 8 nitrogen and oxygen atoms in total. The summed E-state index contributed by atoms with van der Waals surface area (Å²) in [5.41, 5.74) is 2.20. The molecule has 35 heavy (non-hydrogen) atoms. The van der Waals surface area contributed by atoms with Gasteiger partial charge in [-0.15, -0.1) is 11.3 Å². The number of thiazole rings is 1. The average Bonchev–Trinajstić information content (AvgIpc) is 3.24. The highest BCUT2D eigenvalue weighted by Gasteiger charge is 2.27. The first-order valence-corrected chi connectivity index (χ1v) is 12.4. The van der Waals surface area contributed by atoms with Gasteiger partial charge in [0.1, 0.15) is 23.6 Å². The lowest BCUT2D eigenvalue weighted by atomic mass is 10.0. The Labute approximate surface area is 202 Å². The summed E-state index contributed by atoms with van der Waals surface area (Å²) >= 11 is 1.11. The highest BCUT2D eigenvalue weighted by atomic mass is 32.2. The summed E-state index contributed by atoms with van der Waals surface area (Å²) in [4.78, 5) is 12.8. The lowest BCUT2D eigenvalue weighted by molar-refractivity contribution is -0.122. The van der Waals surface area contributed by atoms with Gasteiger partial charge in [0.25, 0.3) is 16.5 Å². The minimum absolute atomic E-state index is 0.0515. The SMILES string of the molecule is O=CO.O=S(=O)(Nc1cscn1)c1c(F)cc(NCc2c(F)cccc2CN2CC(F)C2)cc1F. The predicted molar refractivity (Wildman–Crippen MR) is 122 cm³/mol. The summed E-state index contributed by atoms with van der Waals surface area (Å²) in [6.07, 6.45) is -0.893. The van der Waals surface area contributed by atoms with Crippen LogP contribution in [0.15, 0.2) is 46.1 Å². The van der Waals surface area contributed by atoms with Crippen molar-refractivity contribution in [1.29, 1.82) is 0 Å². The van der Waals surface area contributed by atoms with Crippen LogP contribution in [-0.2, 0) is 27.9 Å². The van der Waals surface area contributed by atoms with Gasteiger partial charge in [-0.05, 0) is 23.8 Å². The molecule has 0 radical (unpaired) electrons. The molecule has 1 fully saturated rings. The molecule has 0 aliphatic carbocycles. The third kappa shape index (κ3) is 6.68. The van der Waals surface area contributed by atoms with Crippen molar-refractivity contribution in [2.45, 2.75) is 24.2 Å². The van der Waals surface area contributed by atoms with E-state index in [0.29, 0.717) is 12.1 Å². The molecule has 0 saturated carbocycles. The highest BCUT2D eigenvalue weighted by molar-refractivity contribution is 7.92. The molecule has 188 valence electrons. The van der Waals surface area contributed by atoms with Crippen molar-refractivity contribution >= 4 is 39.3 Å². The first-order valence-electron chi connectivity index (χ1n) is 9.99. The van der Waals surface area contributed by atoms with Gasteiger partial charge in [-0.3, -0.25) is 14.4 Å². The Bertz CT molecular complexity index is 1250. The summed E-state index contributed by atoms with van der Waals surface area (Å²) < 4.78 is 83.3. The predicted octanol–water partition coefficient (Wildman–Crippen LogP) is 3.83. The molecule has 0 spiro atoms. The molecule has 1 aliphatic heterocycles. The van der Waals surface area contributed by atoms with E-state index >= 15 is 0 Å². The van der Waals surface area contributed by atoms with E-state index in [9.17, 15) is 26.0 Å². The van der Waals surface area contributed by atoms with E-state index in [1.54, 1.807) is 6.07 Å². The van der Waals surface area contributed by atoms with Crippen LogP contribution in [0.4, 0.5) is 29.1 Å². The Morgan fingerprint density at radius 2 is 1.83 bits per heavy atom. The highest BCUT2D eigenvalue weighted by Crippen LogP contribution is 2.27. The first-order chi connectivity index (χ1) is 16.6. The van der Waals surface area contributed by atoms with Crippen molar-refractivity contribution < 1.29 is 35.9 Å². The van der Waals surface area contributed by atoms with Crippen LogP contribution in [0, 0.1) is 17.5 Å². The molecule has 3 N–H and O–H groups in total. The number of rotatable bonds is 8. The fraction of sp³-hybridized carbons (Fsp3) is 0.238. The Morgan fingerprint density at radius 1 is 1.17 bits per heavy atom. The number of aromatic nitrogens is 1. The zero-order chi connectivity index (χ0) is 25.6. The van der Waals surface area contributed by atoms with E-state index in [2.05, 4.69) is 10.3 Å². The number of benzene rings is 2. The standard InChI is InChI=1S/C20H18F4N4O2S2.CH2O2/c21-13-8-28(9-13)7-12-2-1-3-16(22)15(12)6-25-14-4-17(23)20(18(24)5-14)32(29,30)27-19-10-31-11-26-19;2-1-3/h1-5,10-11,13,25,27H,6-9H2;1H,(H,2,3). The number of anilines is 2. The molecule has 14 heteroatoms. The molecule has 3 aromatic rings. The van der Waals surface area contributed by atoms with Gasteiger partial charge in [-0.2, -0.15) is 0 Å². The summed E-state index contributed by atoms with van der Waals surface area (Å²) in [5.74, 6) is -3.18. The molecule has 4 rings (SSSR count). The van der Waals surface area contributed by atoms with E-state index in [0.717, 1.165) is 23.5 Å². The summed E-state index contributed by atoms with van der Waals surface area (Å²) in [7, 11) is -4.54. The van der Waals surface area contributed by atoms with E-state index in [4.69, 9.17) is 9.90 Å². The van der Waals surface area contributed by atoms with Crippen LogP contribution in [0.5, 0.6) is 0 Å². The zero-order valence-electron chi connectivity index (χ0n) is 17.9. The molecule has 0 bridgehead atoms. The van der Waals surface area contributed by atoms with Crippen molar-refractivity contribution in [2.24, 2.45) is 0 Å². The monoisotopic (exact) mass is 532 g/mol. The van der Waals surface area contributed by atoms with Crippen LogP contribution in [0.3, 0.4) is 0 Å². The summed E-state index contributed by atoms with van der Waals surface area (Å²) in [6.45, 7) is 0.531. The topological polar surface area (TPSA) is 112 Å². The maximum Gasteiger partial charge on any atom is 0.290 e. The zero-order valence-corrected chi connectivity index (χ0v) is 19.6. The third-order valence-corrected chi connectivity index (χ3v) is 6.92. The second-order valence-corrected chi connectivity index (χ2v) is 9.71. The number of alkyl halides is 1. The molecule has 0 amide bonds. The van der Waals surface area contributed by atoms with Crippen LogP contribution in [0.1, 0.15) is 11.1 Å². The Morgan fingerprint density at radius 3 is 2.40 bits per heavy atom. The molecule has 0 atom stereocenters. The lowest BCUT2D eigenvalue weighted by Gasteiger charge is -2.34. The average molecular weight is 533 g/mol. The summed E-state index contributed by atoms with van der Waals surface area (Å²) in [5, 5.41) is 11.0. The number of likely N-dealkylation sites (tertiary alicyclic amines) is 1. The smallest absolute Gasteiger partial charge is 0.290 e. The van der Waals surface area contributed by atoms with E-state index in [1.807, 2.05) is 9.62 Å². The maximum absolute atomic E-state index is 14.5. The van der Waals surface area contributed by atoms with Crippen LogP contribution in [0.25, 0.3) is 0 Å². The van der Waals surface area contributed by atoms with Gasteiger partial charge in [0.15, 0.2) is 10.7 Å². The van der Waals surface area contributed by atoms with Crippen LogP contribution in [0.2, 0.25) is 0 Å². The number of hydrogen-bond donors (Lipinski definition) is 3. The van der Waals surface area contributed by atoms with Crippen molar-refractivity contribution in [3.05, 3.63) is 69.8 Å². The van der Waals surface area contributed by atoms with Gasteiger partial charge in [0, 0.05) is 42.8 Å². The Balaban J connectivity index is 0.00000108. The molecular weight excluding hydrogens is 512 g/mol. The number of carbonyl (C=O) groups is 1. The molecule has 1 aromatic heterocycles. The molecular formula is C21H20F4N4O4S2. The van der Waals surface area contributed by atoms with Crippen molar-refractivity contribution in [3.63, 3.8) is 0 Å². The fourth-order valence-corrected chi connectivity index (χ4v) is 5.07. The third-order valence-electron chi connectivity index (χ3n) is 4.93. The van der Waals surface area contributed by atoms with Crippen molar-refractivity contribution in [2.75, 3.05) is 23.1 Å². The number of nitrogens with one attached hydrogen (secondary N) is 2. The second kappa shape index (κ2) is 11.5. The van der Waals surface area contributed by atoms with Gasteiger partial charge < -0.3 is 10.4 Å². The first kappa shape index (κ1) is 26.4. The van der Waals surface area contributed by atoms with Crippen LogP contribution in [-0.4, -0.2) is 49.1 Å². The minimum Gasteiger partial charge on any atom is -0.483 e. The van der Waals surface area contributed by atoms with E-state index in [1.165, 1.54) is 23.0 Å². The van der Waals surface area contributed by atoms with Gasteiger partial charge in [0.2, 0.25) is 0 Å². The van der Waals surface area contributed by atoms with Gasteiger partial charge in [-0.25, -0.2) is 31.0 Å². The molecule has 2 heterocycles. The molecule has 2 aromatic carbocycles. The van der Waals surface area contributed by atoms with Gasteiger partial charge >= 0.3 is 0 Å². The normalized spacial score (nSPS) is 13.9. The number of carboxylic acid groups (broad SMARTS) is 1. The van der Waals surface area contributed by atoms with E-state index < -0.39 is 38.5 Å². The largest absolute Gasteiger partial charge is 0.483 e. The Kier molecular flexibility index (Phi) is 8.64. The summed E-state index contributed by atoms with van der Waals surface area (Å²) in [6, 6.07) is 6.14. The molecule has 1 aliphatic rings. The van der Waals surface area contributed by atoms with Crippen molar-refractivity contribution in [1.82, 2.24) is 9.88 Å². The lowest BCUT2D eigenvalue weighted by Crippen LogP contribution is -2.47. The van der Waals surface area contributed by atoms with Gasteiger partial charge in [0.05, 0.1) is 5.51 Å². The second-order valence-electron chi connectivity index (χ2n) is 7.38. The molecule has 1 saturated heterocycles. The van der Waals surface area contributed by atoms with Crippen LogP contribution >= 0.6 is 11.3 Å². The fourth-order valence-electron chi connectivity index (χ4n) is 3.39. The van der Waals surface area contributed by atoms with E-state index in [-0.39, 0.29) is 43.2 Å². The number of nitrogens with zero attached hydrogens (tertiary/aromatic N) is 2. The van der Waals surface area contributed by atoms with Crippen LogP contribution < -0.4 is 10.0 Å². The minimum atomic E-state index is -4.54. The number of halogens is 4. The van der Waals surface area contributed by atoms with Crippen molar-refractivity contribution in [3.8, 4) is 0 Å². The number of sulfonamides is 1. The maximum atomic E-state index is 14.5. The number of hydrogen-bond acceptors (Lipinski definition) is 7. The Hall–Kier alpha value is -3.23. The quantitative estimate of drug-likeness (QED) is 0.299. The molecule has 0 unspecified atom stereocenters.